The zero-order valence-electron chi connectivity index (χ0n) is 11.0. The summed E-state index contributed by atoms with van der Waals surface area (Å²) in [6.45, 7) is 6.44. The van der Waals surface area contributed by atoms with Gasteiger partial charge < -0.3 is 10.2 Å². The van der Waals surface area contributed by atoms with Gasteiger partial charge in [0.2, 0.25) is 5.91 Å². The molecule has 0 saturated carbocycles. The third kappa shape index (κ3) is 4.97. The minimum absolute atomic E-state index is 0.295. The minimum atomic E-state index is 0.295. The van der Waals surface area contributed by atoms with Crippen molar-refractivity contribution >= 4 is 5.91 Å². The van der Waals surface area contributed by atoms with Crippen molar-refractivity contribution in [2.45, 2.75) is 52.0 Å². The summed E-state index contributed by atoms with van der Waals surface area (Å²) in [6, 6.07) is 0.431. The van der Waals surface area contributed by atoms with Crippen LogP contribution in [0.25, 0.3) is 0 Å². The van der Waals surface area contributed by atoms with Gasteiger partial charge in [-0.15, -0.1) is 0 Å². The van der Waals surface area contributed by atoms with E-state index in [1.165, 1.54) is 12.8 Å². The number of rotatable bonds is 6. The Balaban J connectivity index is 2.14. The van der Waals surface area contributed by atoms with Crippen molar-refractivity contribution in [1.29, 1.82) is 0 Å². The first-order valence-corrected chi connectivity index (χ1v) is 6.57. The van der Waals surface area contributed by atoms with Crippen molar-refractivity contribution in [2.75, 3.05) is 20.1 Å². The fourth-order valence-electron chi connectivity index (χ4n) is 2.16. The van der Waals surface area contributed by atoms with Gasteiger partial charge in [-0.2, -0.15) is 0 Å². The van der Waals surface area contributed by atoms with Crippen molar-refractivity contribution in [3.05, 3.63) is 0 Å². The van der Waals surface area contributed by atoms with Crippen LogP contribution in [0.4, 0.5) is 0 Å². The van der Waals surface area contributed by atoms with Crippen LogP contribution >= 0.6 is 0 Å². The molecule has 1 N–H and O–H groups in total. The second kappa shape index (κ2) is 6.89. The van der Waals surface area contributed by atoms with Crippen molar-refractivity contribution in [2.24, 2.45) is 5.92 Å². The smallest absolute Gasteiger partial charge is 0.223 e. The standard InChI is InChI=1S/C13H26N2O/c1-11(2)6-5-9-15(3)13(16)10-12-7-4-8-14-12/h11-12,14H,4-10H2,1-3H3. The molecule has 0 aromatic carbocycles. The molecule has 1 atom stereocenters. The number of hydrogen-bond donors (Lipinski definition) is 1. The molecule has 1 heterocycles. The van der Waals surface area contributed by atoms with E-state index in [0.29, 0.717) is 18.4 Å². The van der Waals surface area contributed by atoms with Gasteiger partial charge in [0.15, 0.2) is 0 Å². The summed E-state index contributed by atoms with van der Waals surface area (Å²) in [7, 11) is 1.93. The molecule has 0 radical (unpaired) electrons. The largest absolute Gasteiger partial charge is 0.346 e. The first kappa shape index (κ1) is 13.5. The minimum Gasteiger partial charge on any atom is -0.346 e. The summed E-state index contributed by atoms with van der Waals surface area (Å²) in [5.41, 5.74) is 0. The predicted octanol–water partition coefficient (Wildman–Crippen LogP) is 2.02. The van der Waals surface area contributed by atoms with Gasteiger partial charge in [0.1, 0.15) is 0 Å². The van der Waals surface area contributed by atoms with E-state index in [1.54, 1.807) is 0 Å². The van der Waals surface area contributed by atoms with Gasteiger partial charge in [0, 0.05) is 26.1 Å². The van der Waals surface area contributed by atoms with Crippen LogP contribution in [-0.2, 0) is 4.79 Å². The maximum absolute atomic E-state index is 11.9. The van der Waals surface area contributed by atoms with Gasteiger partial charge in [-0.1, -0.05) is 13.8 Å². The highest BCUT2D eigenvalue weighted by Gasteiger charge is 2.19. The normalized spacial score (nSPS) is 20.4. The van der Waals surface area contributed by atoms with Crippen LogP contribution in [0.3, 0.4) is 0 Å². The maximum Gasteiger partial charge on any atom is 0.223 e. The molecule has 0 aromatic rings. The summed E-state index contributed by atoms with van der Waals surface area (Å²) in [5.74, 6) is 1.03. The molecule has 1 aliphatic rings. The molecule has 1 unspecified atom stereocenters. The van der Waals surface area contributed by atoms with Crippen molar-refractivity contribution < 1.29 is 4.79 Å². The van der Waals surface area contributed by atoms with E-state index in [-0.39, 0.29) is 0 Å². The Morgan fingerprint density at radius 3 is 2.81 bits per heavy atom. The lowest BCUT2D eigenvalue weighted by atomic mass is 10.1. The molecule has 3 heteroatoms. The highest BCUT2D eigenvalue weighted by Crippen LogP contribution is 2.11. The molecule has 94 valence electrons. The van der Waals surface area contributed by atoms with E-state index < -0.39 is 0 Å². The molecular formula is C13H26N2O. The van der Waals surface area contributed by atoms with Crippen molar-refractivity contribution in [3.8, 4) is 0 Å². The third-order valence-corrected chi connectivity index (χ3v) is 3.28. The Morgan fingerprint density at radius 2 is 2.25 bits per heavy atom. The van der Waals surface area contributed by atoms with E-state index in [4.69, 9.17) is 0 Å². The molecule has 1 aliphatic heterocycles. The van der Waals surface area contributed by atoms with E-state index in [0.717, 1.165) is 31.8 Å². The van der Waals surface area contributed by atoms with Crippen molar-refractivity contribution in [3.63, 3.8) is 0 Å². The molecule has 1 saturated heterocycles. The number of nitrogens with one attached hydrogen (secondary N) is 1. The summed E-state index contributed by atoms with van der Waals surface area (Å²) in [4.78, 5) is 13.8. The Hall–Kier alpha value is -0.570. The third-order valence-electron chi connectivity index (χ3n) is 3.28. The Kier molecular flexibility index (Phi) is 5.81. The summed E-state index contributed by atoms with van der Waals surface area (Å²) >= 11 is 0. The first-order chi connectivity index (χ1) is 7.59. The summed E-state index contributed by atoms with van der Waals surface area (Å²) in [6.07, 6.45) is 5.38. The molecule has 16 heavy (non-hydrogen) atoms. The number of carbonyl (C=O) groups is 1. The zero-order chi connectivity index (χ0) is 12.0. The van der Waals surface area contributed by atoms with E-state index in [2.05, 4.69) is 19.2 Å². The molecule has 1 rings (SSSR count). The molecular weight excluding hydrogens is 200 g/mol. The van der Waals surface area contributed by atoms with Gasteiger partial charge in [-0.25, -0.2) is 0 Å². The van der Waals surface area contributed by atoms with Crippen LogP contribution < -0.4 is 5.32 Å². The average molecular weight is 226 g/mol. The number of amides is 1. The van der Waals surface area contributed by atoms with E-state index in [1.807, 2.05) is 11.9 Å². The van der Waals surface area contributed by atoms with E-state index >= 15 is 0 Å². The maximum atomic E-state index is 11.9. The molecule has 0 bridgehead atoms. The summed E-state index contributed by atoms with van der Waals surface area (Å²) in [5, 5.41) is 3.37. The molecule has 0 spiro atoms. The zero-order valence-corrected chi connectivity index (χ0v) is 11.0. The Labute approximate surface area is 99.6 Å². The van der Waals surface area contributed by atoms with Crippen LogP contribution in [0.1, 0.15) is 46.0 Å². The fraction of sp³-hybridized carbons (Fsp3) is 0.923. The lowest BCUT2D eigenvalue weighted by molar-refractivity contribution is -0.130. The molecule has 1 amide bonds. The molecule has 0 aromatic heterocycles. The topological polar surface area (TPSA) is 32.3 Å². The SMILES string of the molecule is CC(C)CCCN(C)C(=O)CC1CCCN1. The second-order valence-electron chi connectivity index (χ2n) is 5.35. The van der Waals surface area contributed by atoms with Gasteiger partial charge in [-0.05, 0) is 38.1 Å². The quantitative estimate of drug-likeness (QED) is 0.751. The average Bonchev–Trinajstić information content (AvgIpc) is 2.69. The molecule has 3 nitrogen and oxygen atoms in total. The lowest BCUT2D eigenvalue weighted by Crippen LogP contribution is -2.34. The molecule has 0 aliphatic carbocycles. The van der Waals surface area contributed by atoms with Gasteiger partial charge in [-0.3, -0.25) is 4.79 Å². The van der Waals surface area contributed by atoms with Crippen LogP contribution in [0.15, 0.2) is 0 Å². The van der Waals surface area contributed by atoms with Gasteiger partial charge in [0.05, 0.1) is 0 Å². The van der Waals surface area contributed by atoms with Crippen LogP contribution in [0.5, 0.6) is 0 Å². The number of nitrogens with zero attached hydrogens (tertiary/aromatic N) is 1. The second-order valence-corrected chi connectivity index (χ2v) is 5.35. The predicted molar refractivity (Wildman–Crippen MR) is 67.4 cm³/mol. The van der Waals surface area contributed by atoms with Crippen LogP contribution in [-0.4, -0.2) is 37.0 Å². The van der Waals surface area contributed by atoms with Crippen LogP contribution in [0.2, 0.25) is 0 Å². The molecule has 1 fully saturated rings. The van der Waals surface area contributed by atoms with E-state index in [9.17, 15) is 4.79 Å². The summed E-state index contributed by atoms with van der Waals surface area (Å²) < 4.78 is 0. The van der Waals surface area contributed by atoms with Gasteiger partial charge >= 0.3 is 0 Å². The van der Waals surface area contributed by atoms with Gasteiger partial charge in [0.25, 0.3) is 0 Å². The highest BCUT2D eigenvalue weighted by molar-refractivity contribution is 5.76. The monoisotopic (exact) mass is 226 g/mol. The lowest BCUT2D eigenvalue weighted by Gasteiger charge is -2.19. The van der Waals surface area contributed by atoms with Crippen LogP contribution in [0, 0.1) is 5.92 Å². The Bertz CT molecular complexity index is 210. The highest BCUT2D eigenvalue weighted by atomic mass is 16.2. The fourth-order valence-corrected chi connectivity index (χ4v) is 2.16. The first-order valence-electron chi connectivity index (χ1n) is 6.57. The Morgan fingerprint density at radius 1 is 1.50 bits per heavy atom. The van der Waals surface area contributed by atoms with Crippen molar-refractivity contribution in [1.82, 2.24) is 10.2 Å². The number of hydrogen-bond acceptors (Lipinski definition) is 2. The number of carbonyl (C=O) groups excluding carboxylic acids is 1.